The Labute approximate surface area is 193 Å². The van der Waals surface area contributed by atoms with E-state index in [2.05, 4.69) is 36.1 Å². The zero-order valence-electron chi connectivity index (χ0n) is 18.7. The van der Waals surface area contributed by atoms with Gasteiger partial charge in [-0.25, -0.2) is 9.37 Å². The third-order valence-corrected chi connectivity index (χ3v) is 6.36. The number of aromatic nitrogens is 1. The van der Waals surface area contributed by atoms with Gasteiger partial charge in [-0.15, -0.1) is 0 Å². The van der Waals surface area contributed by atoms with Crippen LogP contribution >= 0.6 is 0 Å². The Morgan fingerprint density at radius 1 is 0.909 bits per heavy atom. The van der Waals surface area contributed by atoms with E-state index in [4.69, 9.17) is 4.98 Å². The van der Waals surface area contributed by atoms with Crippen molar-refractivity contribution in [3.05, 3.63) is 95.8 Å². The molecule has 0 aliphatic carbocycles. The van der Waals surface area contributed by atoms with Gasteiger partial charge in [0.05, 0.1) is 16.8 Å². The van der Waals surface area contributed by atoms with Gasteiger partial charge in [-0.1, -0.05) is 49.4 Å². The number of para-hydroxylation sites is 1. The highest BCUT2D eigenvalue weighted by molar-refractivity contribution is 6.07. The fraction of sp³-hybridized carbons (Fsp3) is 0.214. The van der Waals surface area contributed by atoms with E-state index in [1.54, 1.807) is 12.1 Å². The van der Waals surface area contributed by atoms with Gasteiger partial charge in [0.2, 0.25) is 0 Å². The van der Waals surface area contributed by atoms with Crippen LogP contribution in [-0.4, -0.2) is 42.0 Å². The van der Waals surface area contributed by atoms with Crippen LogP contribution in [0.3, 0.4) is 0 Å². The number of aryl methyl sites for hydroxylation is 1. The smallest absolute Gasteiger partial charge is 0.254 e. The molecule has 5 heteroatoms. The van der Waals surface area contributed by atoms with Crippen LogP contribution in [0.1, 0.15) is 22.8 Å². The van der Waals surface area contributed by atoms with Crippen molar-refractivity contribution in [2.24, 2.45) is 0 Å². The van der Waals surface area contributed by atoms with Crippen molar-refractivity contribution >= 4 is 22.5 Å². The number of rotatable bonds is 4. The summed E-state index contributed by atoms with van der Waals surface area (Å²) < 4.78 is 13.3. The molecule has 1 amide bonds. The first-order valence-electron chi connectivity index (χ1n) is 11.4. The maximum absolute atomic E-state index is 13.6. The third-order valence-electron chi connectivity index (χ3n) is 6.36. The predicted octanol–water partition coefficient (Wildman–Crippen LogP) is 5.57. The first-order valence-corrected chi connectivity index (χ1v) is 11.4. The molecule has 4 aromatic rings. The molecule has 0 saturated carbocycles. The number of hydrogen-bond donors (Lipinski definition) is 0. The van der Waals surface area contributed by atoms with Gasteiger partial charge in [0.1, 0.15) is 5.82 Å². The summed E-state index contributed by atoms with van der Waals surface area (Å²) in [7, 11) is 0. The molecule has 0 unspecified atom stereocenters. The Balaban J connectivity index is 1.42. The molecular weight excluding hydrogens is 413 g/mol. The van der Waals surface area contributed by atoms with Crippen LogP contribution in [0, 0.1) is 5.82 Å². The maximum Gasteiger partial charge on any atom is 0.254 e. The quantitative estimate of drug-likeness (QED) is 0.417. The van der Waals surface area contributed by atoms with Crippen molar-refractivity contribution in [1.29, 1.82) is 0 Å². The number of carbonyl (C=O) groups excluding carboxylic acids is 1. The number of halogens is 1. The molecule has 1 aliphatic rings. The molecule has 166 valence electrons. The fourth-order valence-corrected chi connectivity index (χ4v) is 4.40. The number of anilines is 1. The number of amides is 1. The highest BCUT2D eigenvalue weighted by atomic mass is 19.1. The second kappa shape index (κ2) is 9.02. The second-order valence-electron chi connectivity index (χ2n) is 8.38. The molecule has 0 bridgehead atoms. The van der Waals surface area contributed by atoms with Gasteiger partial charge in [-0.2, -0.15) is 0 Å². The van der Waals surface area contributed by atoms with Crippen molar-refractivity contribution in [3.63, 3.8) is 0 Å². The summed E-state index contributed by atoms with van der Waals surface area (Å²) >= 11 is 0. The molecule has 1 fully saturated rings. The first-order chi connectivity index (χ1) is 16.1. The molecule has 0 N–H and O–H groups in total. The van der Waals surface area contributed by atoms with Crippen LogP contribution in [0.2, 0.25) is 0 Å². The van der Waals surface area contributed by atoms with Crippen molar-refractivity contribution < 1.29 is 9.18 Å². The van der Waals surface area contributed by atoms with Crippen molar-refractivity contribution in [2.75, 3.05) is 31.1 Å². The SMILES string of the molecule is CCc1ccc(-c2cc(C(=O)N3CCN(c4ccc(F)cc4)CC3)c3ccccc3n2)cc1. The van der Waals surface area contributed by atoms with Gasteiger partial charge >= 0.3 is 0 Å². The number of piperazine rings is 1. The van der Waals surface area contributed by atoms with Crippen molar-refractivity contribution in [2.45, 2.75) is 13.3 Å². The molecule has 1 saturated heterocycles. The highest BCUT2D eigenvalue weighted by Gasteiger charge is 2.24. The van der Waals surface area contributed by atoms with E-state index in [9.17, 15) is 9.18 Å². The van der Waals surface area contributed by atoms with E-state index in [0.29, 0.717) is 31.7 Å². The molecule has 5 rings (SSSR count). The summed E-state index contributed by atoms with van der Waals surface area (Å²) in [5.74, 6) is -0.212. The summed E-state index contributed by atoms with van der Waals surface area (Å²) in [4.78, 5) is 22.6. The molecule has 0 radical (unpaired) electrons. The normalized spacial score (nSPS) is 14.0. The number of nitrogens with zero attached hydrogens (tertiary/aromatic N) is 3. The van der Waals surface area contributed by atoms with Crippen LogP contribution in [0.4, 0.5) is 10.1 Å². The summed E-state index contributed by atoms with van der Waals surface area (Å²) in [6, 6.07) is 24.7. The lowest BCUT2D eigenvalue weighted by molar-refractivity contribution is 0.0748. The molecular formula is C28H26FN3O. The largest absolute Gasteiger partial charge is 0.368 e. The summed E-state index contributed by atoms with van der Waals surface area (Å²) in [5, 5.41) is 0.873. The van der Waals surface area contributed by atoms with Gasteiger partial charge in [0.15, 0.2) is 0 Å². The number of carbonyl (C=O) groups is 1. The Morgan fingerprint density at radius 3 is 2.30 bits per heavy atom. The molecule has 1 aromatic heterocycles. The lowest BCUT2D eigenvalue weighted by atomic mass is 10.0. The molecule has 0 atom stereocenters. The summed E-state index contributed by atoms with van der Waals surface area (Å²) in [6.45, 7) is 4.80. The number of hydrogen-bond acceptors (Lipinski definition) is 3. The van der Waals surface area contributed by atoms with E-state index in [0.717, 1.165) is 34.3 Å². The van der Waals surface area contributed by atoms with Gasteiger partial charge in [-0.3, -0.25) is 4.79 Å². The highest BCUT2D eigenvalue weighted by Crippen LogP contribution is 2.27. The van der Waals surface area contributed by atoms with E-state index < -0.39 is 0 Å². The Kier molecular flexibility index (Phi) is 5.78. The van der Waals surface area contributed by atoms with Crippen LogP contribution in [0.5, 0.6) is 0 Å². The Hall–Kier alpha value is -3.73. The van der Waals surface area contributed by atoms with Crippen molar-refractivity contribution in [3.8, 4) is 11.3 Å². The fourth-order valence-electron chi connectivity index (χ4n) is 4.40. The number of fused-ring (bicyclic) bond motifs is 1. The van der Waals surface area contributed by atoms with E-state index in [1.165, 1.54) is 17.7 Å². The molecule has 33 heavy (non-hydrogen) atoms. The standard InChI is InChI=1S/C28H26FN3O/c1-2-20-7-9-21(10-8-20)27-19-25(24-5-3-4-6-26(24)30-27)28(33)32-17-15-31(16-18-32)23-13-11-22(29)12-14-23/h3-14,19H,2,15-18H2,1H3. The first kappa shape index (κ1) is 21.1. The van der Waals surface area contributed by atoms with Crippen molar-refractivity contribution in [1.82, 2.24) is 9.88 Å². The van der Waals surface area contributed by atoms with Crippen LogP contribution in [-0.2, 0) is 6.42 Å². The predicted molar refractivity (Wildman–Crippen MR) is 131 cm³/mol. The molecule has 2 heterocycles. The second-order valence-corrected chi connectivity index (χ2v) is 8.38. The van der Waals surface area contributed by atoms with Crippen LogP contribution in [0.15, 0.2) is 78.9 Å². The monoisotopic (exact) mass is 439 g/mol. The Bertz CT molecular complexity index is 1280. The zero-order chi connectivity index (χ0) is 22.8. The lowest BCUT2D eigenvalue weighted by Gasteiger charge is -2.36. The minimum Gasteiger partial charge on any atom is -0.368 e. The van der Waals surface area contributed by atoms with Crippen LogP contribution in [0.25, 0.3) is 22.2 Å². The van der Waals surface area contributed by atoms with E-state index in [1.807, 2.05) is 35.2 Å². The van der Waals surface area contributed by atoms with Gasteiger partial charge < -0.3 is 9.80 Å². The Morgan fingerprint density at radius 2 is 1.61 bits per heavy atom. The zero-order valence-corrected chi connectivity index (χ0v) is 18.7. The van der Waals surface area contributed by atoms with Gasteiger partial charge in [0.25, 0.3) is 5.91 Å². The average Bonchev–Trinajstić information content (AvgIpc) is 2.88. The summed E-state index contributed by atoms with van der Waals surface area (Å²) in [6.07, 6.45) is 0.985. The van der Waals surface area contributed by atoms with Gasteiger partial charge in [0, 0.05) is 42.8 Å². The number of benzene rings is 3. The van der Waals surface area contributed by atoms with Crippen LogP contribution < -0.4 is 4.90 Å². The number of pyridine rings is 1. The average molecular weight is 440 g/mol. The maximum atomic E-state index is 13.6. The van der Waals surface area contributed by atoms with Gasteiger partial charge in [-0.05, 0) is 48.4 Å². The minimum atomic E-state index is -0.239. The van der Waals surface area contributed by atoms with E-state index in [-0.39, 0.29) is 11.7 Å². The van der Waals surface area contributed by atoms with E-state index >= 15 is 0 Å². The topological polar surface area (TPSA) is 36.4 Å². The molecule has 4 nitrogen and oxygen atoms in total. The summed E-state index contributed by atoms with van der Waals surface area (Å²) in [5.41, 5.74) is 5.58. The molecule has 1 aliphatic heterocycles. The molecule has 0 spiro atoms. The lowest BCUT2D eigenvalue weighted by Crippen LogP contribution is -2.48. The molecule has 3 aromatic carbocycles. The third kappa shape index (κ3) is 4.31. The minimum absolute atomic E-state index is 0.0267.